The molecule has 0 aliphatic rings. The van der Waals surface area contributed by atoms with Gasteiger partial charge in [-0.25, -0.2) is 0 Å². The summed E-state index contributed by atoms with van der Waals surface area (Å²) in [7, 11) is 0. The molecule has 0 aliphatic carbocycles. The molecular formula is C11H11NOS. The molecule has 0 N–H and O–H groups in total. The number of hydrogen-bond donors (Lipinski definition) is 0. The lowest BCUT2D eigenvalue weighted by Crippen LogP contribution is -1.96. The monoisotopic (exact) mass is 205 g/mol. The second-order valence-electron chi connectivity index (χ2n) is 3.08. The van der Waals surface area contributed by atoms with E-state index in [2.05, 4.69) is 23.4 Å². The van der Waals surface area contributed by atoms with Gasteiger partial charge in [-0.15, -0.1) is 0 Å². The molecule has 72 valence electrons. The summed E-state index contributed by atoms with van der Waals surface area (Å²) in [6.07, 6.45) is 1.74. The van der Waals surface area contributed by atoms with Crippen molar-refractivity contribution in [2.45, 2.75) is 13.5 Å². The Hall–Kier alpha value is -1.35. The fraction of sp³-hybridized carbons (Fsp3) is 0.182. The number of aryl methyl sites for hydroxylation is 1. The summed E-state index contributed by atoms with van der Waals surface area (Å²) in [5.41, 5.74) is 2.48. The minimum atomic E-state index is 0.616. The van der Waals surface area contributed by atoms with Crippen molar-refractivity contribution in [2.75, 3.05) is 0 Å². The molecular weight excluding hydrogens is 194 g/mol. The molecule has 3 heteroatoms. The molecule has 0 amide bonds. The normalized spacial score (nSPS) is 10.1. The van der Waals surface area contributed by atoms with Gasteiger partial charge in [0.05, 0.1) is 11.6 Å². The first-order valence-corrected chi connectivity index (χ1v) is 5.26. The predicted molar refractivity (Wildman–Crippen MR) is 57.6 cm³/mol. The van der Waals surface area contributed by atoms with E-state index in [1.807, 2.05) is 17.5 Å². The number of rotatable bonds is 3. The molecule has 2 rings (SSSR count). The summed E-state index contributed by atoms with van der Waals surface area (Å²) in [6, 6.07) is 8.22. The minimum Gasteiger partial charge on any atom is -0.486 e. The molecule has 1 aromatic heterocycles. The summed E-state index contributed by atoms with van der Waals surface area (Å²) < 4.78 is 9.53. The highest BCUT2D eigenvalue weighted by atomic mass is 32.1. The summed E-state index contributed by atoms with van der Waals surface area (Å²) in [6.45, 7) is 2.70. The van der Waals surface area contributed by atoms with Crippen molar-refractivity contribution in [1.82, 2.24) is 4.37 Å². The number of hydrogen-bond acceptors (Lipinski definition) is 3. The fourth-order valence-electron chi connectivity index (χ4n) is 1.20. The third-order valence-corrected chi connectivity index (χ3v) is 2.63. The van der Waals surface area contributed by atoms with E-state index >= 15 is 0 Å². The van der Waals surface area contributed by atoms with E-state index in [0.29, 0.717) is 6.61 Å². The van der Waals surface area contributed by atoms with Crippen LogP contribution in [0.5, 0.6) is 5.75 Å². The third-order valence-electron chi connectivity index (χ3n) is 2.07. The quantitative estimate of drug-likeness (QED) is 0.768. The predicted octanol–water partition coefficient (Wildman–Crippen LogP) is 3.03. The highest BCUT2D eigenvalue weighted by Gasteiger charge is 1.98. The third kappa shape index (κ3) is 2.12. The molecule has 1 aromatic carbocycles. The van der Waals surface area contributed by atoms with Gasteiger partial charge in [-0.2, -0.15) is 4.37 Å². The lowest BCUT2D eigenvalue weighted by molar-refractivity contribution is 0.306. The van der Waals surface area contributed by atoms with Gasteiger partial charge in [0, 0.05) is 0 Å². The van der Waals surface area contributed by atoms with E-state index in [-0.39, 0.29) is 0 Å². The molecule has 0 spiro atoms. The Morgan fingerprint density at radius 2 is 2.21 bits per heavy atom. The Kier molecular flexibility index (Phi) is 2.79. The van der Waals surface area contributed by atoms with Gasteiger partial charge in [0.25, 0.3) is 0 Å². The van der Waals surface area contributed by atoms with Crippen molar-refractivity contribution in [1.29, 1.82) is 0 Å². The average molecular weight is 205 g/mol. The zero-order valence-electron chi connectivity index (χ0n) is 7.93. The Morgan fingerprint density at radius 1 is 1.36 bits per heavy atom. The van der Waals surface area contributed by atoms with Crippen LogP contribution >= 0.6 is 11.5 Å². The SMILES string of the molecule is Cc1ccccc1COc1cnsc1. The van der Waals surface area contributed by atoms with Crippen molar-refractivity contribution in [3.8, 4) is 5.75 Å². The number of benzene rings is 1. The Morgan fingerprint density at radius 3 is 2.93 bits per heavy atom. The van der Waals surface area contributed by atoms with Crippen LogP contribution in [0, 0.1) is 6.92 Å². The van der Waals surface area contributed by atoms with Crippen molar-refractivity contribution >= 4 is 11.5 Å². The maximum Gasteiger partial charge on any atom is 0.150 e. The van der Waals surface area contributed by atoms with E-state index in [0.717, 1.165) is 5.75 Å². The van der Waals surface area contributed by atoms with E-state index in [1.165, 1.54) is 22.7 Å². The number of nitrogens with zero attached hydrogens (tertiary/aromatic N) is 1. The van der Waals surface area contributed by atoms with Gasteiger partial charge in [0.2, 0.25) is 0 Å². The smallest absolute Gasteiger partial charge is 0.150 e. The molecule has 0 atom stereocenters. The van der Waals surface area contributed by atoms with Crippen LogP contribution in [0.25, 0.3) is 0 Å². The topological polar surface area (TPSA) is 22.1 Å². The van der Waals surface area contributed by atoms with Gasteiger partial charge in [-0.05, 0) is 29.6 Å². The second kappa shape index (κ2) is 4.24. The zero-order chi connectivity index (χ0) is 9.80. The van der Waals surface area contributed by atoms with E-state index in [9.17, 15) is 0 Å². The summed E-state index contributed by atoms with van der Waals surface area (Å²) in [5, 5.41) is 1.90. The maximum atomic E-state index is 5.56. The molecule has 0 bridgehead atoms. The van der Waals surface area contributed by atoms with Crippen LogP contribution in [0.1, 0.15) is 11.1 Å². The molecule has 14 heavy (non-hydrogen) atoms. The zero-order valence-corrected chi connectivity index (χ0v) is 8.75. The lowest BCUT2D eigenvalue weighted by Gasteiger charge is -2.05. The van der Waals surface area contributed by atoms with E-state index in [4.69, 9.17) is 4.74 Å². The van der Waals surface area contributed by atoms with Crippen LogP contribution in [0.4, 0.5) is 0 Å². The van der Waals surface area contributed by atoms with E-state index in [1.54, 1.807) is 6.20 Å². The van der Waals surface area contributed by atoms with Crippen molar-refractivity contribution < 1.29 is 4.74 Å². The highest BCUT2D eigenvalue weighted by Crippen LogP contribution is 2.15. The van der Waals surface area contributed by atoms with Crippen molar-refractivity contribution in [3.63, 3.8) is 0 Å². The molecule has 0 aliphatic heterocycles. The molecule has 0 unspecified atom stereocenters. The van der Waals surface area contributed by atoms with Crippen molar-refractivity contribution in [2.24, 2.45) is 0 Å². The molecule has 1 heterocycles. The fourth-order valence-corrected chi connectivity index (χ4v) is 1.66. The van der Waals surface area contributed by atoms with Gasteiger partial charge in [-0.1, -0.05) is 24.3 Å². The maximum absolute atomic E-state index is 5.56. The molecule has 2 nitrogen and oxygen atoms in total. The Labute approximate surface area is 87.3 Å². The number of aromatic nitrogens is 1. The van der Waals surface area contributed by atoms with Crippen LogP contribution in [-0.4, -0.2) is 4.37 Å². The van der Waals surface area contributed by atoms with Crippen LogP contribution in [-0.2, 0) is 6.61 Å². The van der Waals surface area contributed by atoms with Crippen LogP contribution in [0.2, 0.25) is 0 Å². The molecule has 0 fully saturated rings. The second-order valence-corrected chi connectivity index (χ2v) is 3.73. The van der Waals surface area contributed by atoms with Crippen molar-refractivity contribution in [3.05, 3.63) is 47.0 Å². The summed E-state index contributed by atoms with van der Waals surface area (Å²) in [4.78, 5) is 0. The Bertz CT molecular complexity index is 397. The summed E-state index contributed by atoms with van der Waals surface area (Å²) >= 11 is 1.40. The standard InChI is InChI=1S/C11H11NOS/c1-9-4-2-3-5-10(9)7-13-11-6-12-14-8-11/h2-6,8H,7H2,1H3. The Balaban J connectivity index is 2.02. The molecule has 0 saturated heterocycles. The van der Waals surface area contributed by atoms with Gasteiger partial charge >= 0.3 is 0 Å². The van der Waals surface area contributed by atoms with Gasteiger partial charge in [-0.3, -0.25) is 0 Å². The minimum absolute atomic E-state index is 0.616. The largest absolute Gasteiger partial charge is 0.486 e. The average Bonchev–Trinajstić information content (AvgIpc) is 2.69. The molecule has 0 saturated carbocycles. The van der Waals surface area contributed by atoms with Gasteiger partial charge < -0.3 is 4.74 Å². The van der Waals surface area contributed by atoms with E-state index < -0.39 is 0 Å². The number of ether oxygens (including phenoxy) is 1. The van der Waals surface area contributed by atoms with Crippen LogP contribution in [0.3, 0.4) is 0 Å². The molecule has 0 radical (unpaired) electrons. The van der Waals surface area contributed by atoms with Crippen LogP contribution in [0.15, 0.2) is 35.8 Å². The molecule has 2 aromatic rings. The first-order chi connectivity index (χ1) is 6.86. The summed E-state index contributed by atoms with van der Waals surface area (Å²) in [5.74, 6) is 0.846. The first-order valence-electron chi connectivity index (χ1n) is 4.43. The highest BCUT2D eigenvalue weighted by molar-refractivity contribution is 7.03. The van der Waals surface area contributed by atoms with Gasteiger partial charge in [0.1, 0.15) is 6.61 Å². The van der Waals surface area contributed by atoms with Crippen LogP contribution < -0.4 is 4.74 Å². The first kappa shape index (κ1) is 9.21. The van der Waals surface area contributed by atoms with Gasteiger partial charge in [0.15, 0.2) is 5.75 Å². The lowest BCUT2D eigenvalue weighted by atomic mass is 10.1.